The molecule has 0 aliphatic carbocycles. The number of carbonyl (C=O) groups is 2. The molecule has 0 N–H and O–H groups in total. The Morgan fingerprint density at radius 3 is 2.17 bits per heavy atom. The predicted molar refractivity (Wildman–Crippen MR) is 185 cm³/mol. The maximum atomic E-state index is 14.6. The van der Waals surface area contributed by atoms with Crippen LogP contribution in [-0.2, 0) is 13.0 Å². The molecule has 0 saturated carbocycles. The highest BCUT2D eigenvalue weighted by molar-refractivity contribution is 6.00. The van der Waals surface area contributed by atoms with Crippen molar-refractivity contribution in [1.82, 2.24) is 19.6 Å². The zero-order chi connectivity index (χ0) is 32.8. The number of carbonyl (C=O) groups excluding carboxylic acids is 2. The van der Waals surface area contributed by atoms with Crippen molar-refractivity contribution >= 4 is 17.5 Å². The van der Waals surface area contributed by atoms with Crippen molar-refractivity contribution in [3.63, 3.8) is 0 Å². The van der Waals surface area contributed by atoms with E-state index in [0.717, 1.165) is 54.5 Å². The van der Waals surface area contributed by atoms with Crippen LogP contribution in [0.1, 0.15) is 78.4 Å². The Hall–Kier alpha value is -4.59. The van der Waals surface area contributed by atoms with E-state index in [-0.39, 0.29) is 17.9 Å². The van der Waals surface area contributed by atoms with Crippen LogP contribution >= 0.6 is 0 Å². The van der Waals surface area contributed by atoms with Gasteiger partial charge in [-0.05, 0) is 72.7 Å². The lowest BCUT2D eigenvalue weighted by Crippen LogP contribution is -2.43. The number of benzene rings is 3. The standard InChI is InChI=1S/C38H47N5O3/c1-7-9-21-41(22-10-8-2)38(45)34-25-36(46-6)43(39-34)35-20-17-30(28-15-18-32(19-16-28)40(4)5)24-33(35)37(44)42-26-31-14-12-11-13-29(31)23-27(42)3/h11-20,24-25,27H,7-10,21-23,26H2,1-6H3. The second kappa shape index (κ2) is 14.7. The van der Waals surface area contributed by atoms with Gasteiger partial charge in [0.25, 0.3) is 11.8 Å². The highest BCUT2D eigenvalue weighted by Crippen LogP contribution is 2.32. The molecule has 0 saturated heterocycles. The molecule has 1 atom stereocenters. The molecule has 0 bridgehead atoms. The number of ether oxygens (including phenoxy) is 1. The minimum atomic E-state index is -0.120. The van der Waals surface area contributed by atoms with Gasteiger partial charge in [-0.2, -0.15) is 9.78 Å². The van der Waals surface area contributed by atoms with Crippen LogP contribution in [0.4, 0.5) is 5.69 Å². The van der Waals surface area contributed by atoms with Gasteiger partial charge in [0.15, 0.2) is 5.69 Å². The van der Waals surface area contributed by atoms with Crippen molar-refractivity contribution in [3.8, 4) is 22.7 Å². The molecule has 0 spiro atoms. The summed E-state index contributed by atoms with van der Waals surface area (Å²) in [5.74, 6) is 0.204. The molecule has 8 nitrogen and oxygen atoms in total. The van der Waals surface area contributed by atoms with E-state index in [1.165, 1.54) is 5.56 Å². The summed E-state index contributed by atoms with van der Waals surface area (Å²) in [6, 6.07) is 24.2. The summed E-state index contributed by atoms with van der Waals surface area (Å²) in [6.07, 6.45) is 4.66. The summed E-state index contributed by atoms with van der Waals surface area (Å²) in [7, 11) is 5.60. The summed E-state index contributed by atoms with van der Waals surface area (Å²) in [6.45, 7) is 8.25. The van der Waals surface area contributed by atoms with Crippen molar-refractivity contribution in [2.75, 3.05) is 39.2 Å². The number of hydrogen-bond donors (Lipinski definition) is 0. The van der Waals surface area contributed by atoms with E-state index in [4.69, 9.17) is 9.84 Å². The van der Waals surface area contributed by atoms with Crippen LogP contribution in [0.5, 0.6) is 5.88 Å². The first kappa shape index (κ1) is 32.8. The highest BCUT2D eigenvalue weighted by Gasteiger charge is 2.31. The number of anilines is 1. The van der Waals surface area contributed by atoms with Gasteiger partial charge in [-0.25, -0.2) is 0 Å². The maximum Gasteiger partial charge on any atom is 0.274 e. The number of fused-ring (bicyclic) bond motifs is 1. The third-order valence-corrected chi connectivity index (χ3v) is 8.89. The fraction of sp³-hybridized carbons (Fsp3) is 0.395. The Balaban J connectivity index is 1.58. The van der Waals surface area contributed by atoms with E-state index in [1.54, 1.807) is 17.9 Å². The SMILES string of the molecule is CCCCN(CCCC)C(=O)c1cc(OC)n(-c2ccc(-c3ccc(N(C)C)cc3)cc2C(=O)N2Cc3ccccc3CC2C)n1. The summed E-state index contributed by atoms with van der Waals surface area (Å²) in [5, 5.41) is 4.79. The number of hydrogen-bond acceptors (Lipinski definition) is 5. The minimum Gasteiger partial charge on any atom is -0.481 e. The van der Waals surface area contributed by atoms with E-state index in [9.17, 15) is 9.59 Å². The van der Waals surface area contributed by atoms with Gasteiger partial charge in [0.1, 0.15) is 0 Å². The normalized spacial score (nSPS) is 14.1. The number of nitrogens with zero attached hydrogens (tertiary/aromatic N) is 5. The molecule has 0 radical (unpaired) electrons. The van der Waals surface area contributed by atoms with E-state index < -0.39 is 0 Å². The molecule has 1 unspecified atom stereocenters. The lowest BCUT2D eigenvalue weighted by atomic mass is 9.93. The van der Waals surface area contributed by atoms with E-state index in [2.05, 4.69) is 68.1 Å². The van der Waals surface area contributed by atoms with E-state index >= 15 is 0 Å². The van der Waals surface area contributed by atoms with Crippen LogP contribution in [-0.4, -0.2) is 71.7 Å². The molecule has 1 aromatic heterocycles. The van der Waals surface area contributed by atoms with E-state index in [0.29, 0.717) is 42.5 Å². The molecule has 46 heavy (non-hydrogen) atoms. The van der Waals surface area contributed by atoms with Gasteiger partial charge in [0.2, 0.25) is 5.88 Å². The van der Waals surface area contributed by atoms with Gasteiger partial charge >= 0.3 is 0 Å². The minimum absolute atomic E-state index is 0.0145. The van der Waals surface area contributed by atoms with Crippen molar-refractivity contribution in [1.29, 1.82) is 0 Å². The van der Waals surface area contributed by atoms with Crippen LogP contribution in [0.2, 0.25) is 0 Å². The lowest BCUT2D eigenvalue weighted by Gasteiger charge is -2.35. The van der Waals surface area contributed by atoms with Gasteiger partial charge in [0.05, 0.1) is 18.4 Å². The maximum absolute atomic E-state index is 14.6. The Labute approximate surface area is 273 Å². The van der Waals surface area contributed by atoms with Crippen molar-refractivity contribution in [2.24, 2.45) is 0 Å². The first-order valence-corrected chi connectivity index (χ1v) is 16.5. The summed E-state index contributed by atoms with van der Waals surface area (Å²) in [4.78, 5) is 34.2. The zero-order valence-electron chi connectivity index (χ0n) is 28.1. The molecule has 8 heteroatoms. The molecule has 1 aliphatic heterocycles. The smallest absolute Gasteiger partial charge is 0.274 e. The first-order chi connectivity index (χ1) is 22.2. The van der Waals surface area contributed by atoms with Crippen LogP contribution in [0, 0.1) is 0 Å². The van der Waals surface area contributed by atoms with Crippen molar-refractivity contribution in [2.45, 2.75) is 65.5 Å². The van der Waals surface area contributed by atoms with Crippen molar-refractivity contribution in [3.05, 3.63) is 95.2 Å². The molecular formula is C38H47N5O3. The molecule has 4 aromatic rings. The Morgan fingerprint density at radius 2 is 1.54 bits per heavy atom. The topological polar surface area (TPSA) is 70.9 Å². The second-order valence-electron chi connectivity index (χ2n) is 12.4. The highest BCUT2D eigenvalue weighted by atomic mass is 16.5. The molecular weight excluding hydrogens is 574 g/mol. The lowest BCUT2D eigenvalue weighted by molar-refractivity contribution is 0.0657. The molecule has 0 fully saturated rings. The monoisotopic (exact) mass is 621 g/mol. The summed E-state index contributed by atoms with van der Waals surface area (Å²) < 4.78 is 7.38. The van der Waals surface area contributed by atoms with Gasteiger partial charge in [0, 0.05) is 51.5 Å². The number of amides is 2. The van der Waals surface area contributed by atoms with E-state index in [1.807, 2.05) is 48.2 Å². The third-order valence-electron chi connectivity index (χ3n) is 8.89. The van der Waals surface area contributed by atoms with Crippen LogP contribution in [0.3, 0.4) is 0 Å². The first-order valence-electron chi connectivity index (χ1n) is 16.5. The van der Waals surface area contributed by atoms with Gasteiger partial charge in [-0.1, -0.05) is 69.2 Å². The number of methoxy groups -OCH3 is 1. The predicted octanol–water partition coefficient (Wildman–Crippen LogP) is 7.24. The molecule has 242 valence electrons. The zero-order valence-corrected chi connectivity index (χ0v) is 28.1. The number of aromatic nitrogens is 2. The quantitative estimate of drug-likeness (QED) is 0.167. The average molecular weight is 622 g/mol. The Kier molecular flexibility index (Phi) is 10.5. The average Bonchev–Trinajstić information content (AvgIpc) is 3.51. The van der Waals surface area contributed by atoms with Gasteiger partial charge < -0.3 is 19.4 Å². The number of rotatable bonds is 12. The molecule has 3 aromatic carbocycles. The van der Waals surface area contributed by atoms with Crippen molar-refractivity contribution < 1.29 is 14.3 Å². The summed E-state index contributed by atoms with van der Waals surface area (Å²) >= 11 is 0. The summed E-state index contributed by atoms with van der Waals surface area (Å²) in [5.41, 5.74) is 6.87. The largest absolute Gasteiger partial charge is 0.481 e. The molecule has 2 heterocycles. The van der Waals surface area contributed by atoms with Gasteiger partial charge in [-0.15, -0.1) is 0 Å². The third kappa shape index (κ3) is 6.96. The van der Waals surface area contributed by atoms with Gasteiger partial charge in [-0.3, -0.25) is 9.59 Å². The molecule has 2 amide bonds. The Bertz CT molecular complexity index is 1650. The van der Waals surface area contributed by atoms with Crippen LogP contribution < -0.4 is 9.64 Å². The molecule has 1 aliphatic rings. The van der Waals surface area contributed by atoms with Crippen LogP contribution in [0.25, 0.3) is 16.8 Å². The number of unbranched alkanes of at least 4 members (excludes halogenated alkanes) is 2. The fourth-order valence-corrected chi connectivity index (χ4v) is 6.09. The fourth-order valence-electron chi connectivity index (χ4n) is 6.09. The van der Waals surface area contributed by atoms with Crippen LogP contribution in [0.15, 0.2) is 72.8 Å². The second-order valence-corrected chi connectivity index (χ2v) is 12.4. The molecule has 5 rings (SSSR count). The Morgan fingerprint density at radius 1 is 0.891 bits per heavy atom.